The van der Waals surface area contributed by atoms with Gasteiger partial charge in [0.25, 0.3) is 5.91 Å². The molecule has 0 saturated carbocycles. The Kier molecular flexibility index (Phi) is 8.83. The second-order valence-electron chi connectivity index (χ2n) is 9.75. The van der Waals surface area contributed by atoms with Gasteiger partial charge in [0.05, 0.1) is 36.4 Å². The third-order valence-corrected chi connectivity index (χ3v) is 7.27. The van der Waals surface area contributed by atoms with Gasteiger partial charge in [0.15, 0.2) is 16.8 Å². The summed E-state index contributed by atoms with van der Waals surface area (Å²) < 4.78 is 22.5. The van der Waals surface area contributed by atoms with Crippen molar-refractivity contribution in [3.05, 3.63) is 45.1 Å². The number of carbonyl (C=O) groups is 1. The van der Waals surface area contributed by atoms with Gasteiger partial charge in [0, 0.05) is 37.8 Å². The average Bonchev–Trinajstić information content (AvgIpc) is 2.95. The number of morpholine rings is 1. The van der Waals surface area contributed by atoms with Crippen molar-refractivity contribution in [2.24, 2.45) is 5.73 Å². The van der Waals surface area contributed by atoms with Gasteiger partial charge in [-0.15, -0.1) is 0 Å². The van der Waals surface area contributed by atoms with Crippen LogP contribution in [0.2, 0.25) is 5.02 Å². The van der Waals surface area contributed by atoms with E-state index < -0.39 is 48.6 Å². The number of ether oxygens (including phenoxy) is 3. The number of hydrogen-bond donors (Lipinski definition) is 5. The smallest absolute Gasteiger partial charge is 0.253 e. The van der Waals surface area contributed by atoms with Crippen LogP contribution in [0.3, 0.4) is 0 Å². The highest BCUT2D eigenvalue weighted by Gasteiger charge is 2.44. The predicted molar refractivity (Wildman–Crippen MR) is 142 cm³/mol. The van der Waals surface area contributed by atoms with Crippen molar-refractivity contribution < 1.29 is 38.7 Å². The lowest BCUT2D eigenvalue weighted by molar-refractivity contribution is -0.239. The van der Waals surface area contributed by atoms with E-state index in [-0.39, 0.29) is 33.4 Å². The summed E-state index contributed by atoms with van der Waals surface area (Å²) in [5.74, 6) is -0.284. The van der Waals surface area contributed by atoms with Crippen LogP contribution in [0.15, 0.2) is 33.5 Å². The Labute approximate surface area is 233 Å². The summed E-state index contributed by atoms with van der Waals surface area (Å²) >= 11 is 6.43. The Morgan fingerprint density at radius 3 is 2.73 bits per heavy atom. The maximum Gasteiger partial charge on any atom is 0.253 e. The van der Waals surface area contributed by atoms with E-state index in [0.29, 0.717) is 25.3 Å². The SMILES string of the molecule is N[C@H]1C(O)[C@@H](O)C(CO)O[C@H]1Oc1cc2oc3cc(=O)cc(C(=O)NCCCN4CCOCC4)c-3nc2cc1Cl. The second-order valence-corrected chi connectivity index (χ2v) is 10.2. The number of hydrogen-bond acceptors (Lipinski definition) is 12. The summed E-state index contributed by atoms with van der Waals surface area (Å²) in [6.45, 7) is 3.81. The topological polar surface area (TPSA) is 190 Å². The van der Waals surface area contributed by atoms with Gasteiger partial charge < -0.3 is 45.0 Å². The van der Waals surface area contributed by atoms with Crippen LogP contribution in [0.1, 0.15) is 16.8 Å². The van der Waals surface area contributed by atoms with Gasteiger partial charge in [0.1, 0.15) is 35.3 Å². The number of nitrogens with zero attached hydrogens (tertiary/aromatic N) is 2. The lowest BCUT2D eigenvalue weighted by Crippen LogP contribution is -2.63. The molecule has 216 valence electrons. The van der Waals surface area contributed by atoms with Crippen LogP contribution in [0.25, 0.3) is 22.6 Å². The molecule has 14 heteroatoms. The minimum Gasteiger partial charge on any atom is -0.461 e. The molecule has 3 heterocycles. The highest BCUT2D eigenvalue weighted by atomic mass is 35.5. The lowest BCUT2D eigenvalue weighted by atomic mass is 9.98. The molecule has 13 nitrogen and oxygen atoms in total. The Balaban J connectivity index is 1.35. The molecule has 2 fully saturated rings. The summed E-state index contributed by atoms with van der Waals surface area (Å²) in [6, 6.07) is 4.17. The lowest BCUT2D eigenvalue weighted by Gasteiger charge is -2.40. The largest absolute Gasteiger partial charge is 0.461 e. The minimum atomic E-state index is -1.41. The maximum atomic E-state index is 13.0. The molecule has 2 saturated heterocycles. The fourth-order valence-electron chi connectivity index (χ4n) is 4.73. The number of benzene rings is 2. The van der Waals surface area contributed by atoms with E-state index >= 15 is 0 Å². The standard InChI is InChI=1S/C26H31ClN4O9/c27-15-10-16-18(11-17(15)39-26-21(28)24(35)23(34)20(12-32)40-26)38-19-9-13(33)8-14(22(19)30-16)25(36)29-2-1-3-31-4-6-37-7-5-31/h8-11,20-21,23-24,26,32,34-35H,1-7,12,28H2,(H,29,36)/t20?,21-,23-,24?,26+/m0/s1. The third kappa shape index (κ3) is 6.06. The van der Waals surface area contributed by atoms with E-state index in [1.807, 2.05) is 0 Å². The van der Waals surface area contributed by atoms with Gasteiger partial charge in [0.2, 0.25) is 6.29 Å². The van der Waals surface area contributed by atoms with Crippen LogP contribution in [0, 0.1) is 0 Å². The minimum absolute atomic E-state index is 0.0660. The van der Waals surface area contributed by atoms with E-state index in [0.717, 1.165) is 26.1 Å². The number of amides is 1. The number of aromatic nitrogens is 1. The molecule has 1 aliphatic carbocycles. The van der Waals surface area contributed by atoms with Crippen LogP contribution < -0.4 is 21.2 Å². The van der Waals surface area contributed by atoms with E-state index in [2.05, 4.69) is 15.2 Å². The van der Waals surface area contributed by atoms with Gasteiger partial charge in [-0.2, -0.15) is 0 Å². The number of aliphatic hydroxyl groups excluding tert-OH is 3. The van der Waals surface area contributed by atoms with Crippen molar-refractivity contribution in [2.45, 2.75) is 37.1 Å². The molecule has 1 aromatic carbocycles. The molecule has 6 N–H and O–H groups in total. The summed E-state index contributed by atoms with van der Waals surface area (Å²) in [4.78, 5) is 32.2. The van der Waals surface area contributed by atoms with Crippen molar-refractivity contribution in [3.63, 3.8) is 0 Å². The molecule has 4 aliphatic rings. The third-order valence-electron chi connectivity index (χ3n) is 6.97. The zero-order valence-corrected chi connectivity index (χ0v) is 22.2. The number of rotatable bonds is 8. The predicted octanol–water partition coefficient (Wildman–Crippen LogP) is -0.457. The number of halogens is 1. The van der Waals surface area contributed by atoms with Gasteiger partial charge >= 0.3 is 0 Å². The first-order valence-electron chi connectivity index (χ1n) is 13.0. The molecule has 5 rings (SSSR count). The second kappa shape index (κ2) is 12.3. The summed E-state index contributed by atoms with van der Waals surface area (Å²) in [5, 5.41) is 32.6. The van der Waals surface area contributed by atoms with Gasteiger partial charge in [-0.05, 0) is 19.0 Å². The van der Waals surface area contributed by atoms with Crippen molar-refractivity contribution in [3.8, 4) is 17.2 Å². The van der Waals surface area contributed by atoms with E-state index in [1.165, 1.54) is 24.3 Å². The van der Waals surface area contributed by atoms with E-state index in [1.54, 1.807) is 0 Å². The monoisotopic (exact) mass is 578 g/mol. The number of fused-ring (bicyclic) bond motifs is 2. The molecular formula is C26H31ClN4O9. The molecule has 40 heavy (non-hydrogen) atoms. The van der Waals surface area contributed by atoms with Crippen LogP contribution in [0.4, 0.5) is 0 Å². The van der Waals surface area contributed by atoms with Crippen molar-refractivity contribution in [2.75, 3.05) is 46.0 Å². The highest BCUT2D eigenvalue weighted by molar-refractivity contribution is 6.32. The van der Waals surface area contributed by atoms with Crippen molar-refractivity contribution in [1.82, 2.24) is 15.2 Å². The molecule has 0 aromatic heterocycles. The number of aliphatic hydroxyl groups is 3. The molecule has 2 unspecified atom stereocenters. The Morgan fingerprint density at radius 2 is 1.98 bits per heavy atom. The quantitative estimate of drug-likeness (QED) is 0.171. The highest BCUT2D eigenvalue weighted by Crippen LogP contribution is 2.35. The summed E-state index contributed by atoms with van der Waals surface area (Å²) in [7, 11) is 0. The van der Waals surface area contributed by atoms with Gasteiger partial charge in [-0.25, -0.2) is 4.98 Å². The number of nitrogens with one attached hydrogen (secondary N) is 1. The van der Waals surface area contributed by atoms with Crippen molar-refractivity contribution >= 4 is 28.6 Å². The molecule has 0 bridgehead atoms. The molecular weight excluding hydrogens is 548 g/mol. The first-order valence-corrected chi connectivity index (χ1v) is 13.3. The number of nitrogens with two attached hydrogens (primary N) is 1. The molecule has 1 amide bonds. The summed E-state index contributed by atoms with van der Waals surface area (Å²) in [5.41, 5.74) is 6.30. The maximum absolute atomic E-state index is 13.0. The first-order chi connectivity index (χ1) is 19.2. The Morgan fingerprint density at radius 1 is 1.20 bits per heavy atom. The Hall–Kier alpha value is -2.88. The van der Waals surface area contributed by atoms with Gasteiger partial charge in [-0.1, -0.05) is 11.6 Å². The van der Waals surface area contributed by atoms with Crippen LogP contribution >= 0.6 is 11.6 Å². The Bertz CT molecular complexity index is 1380. The fourth-order valence-corrected chi connectivity index (χ4v) is 4.93. The zero-order chi connectivity index (χ0) is 28.4. The van der Waals surface area contributed by atoms with E-state index in [4.69, 9.17) is 36.0 Å². The molecule has 3 aliphatic heterocycles. The van der Waals surface area contributed by atoms with Crippen molar-refractivity contribution in [1.29, 1.82) is 0 Å². The summed E-state index contributed by atoms with van der Waals surface area (Å²) in [6.07, 6.45) is -4.43. The van der Waals surface area contributed by atoms with E-state index in [9.17, 15) is 24.9 Å². The molecule has 0 spiro atoms. The van der Waals surface area contributed by atoms with Gasteiger partial charge in [-0.3, -0.25) is 14.5 Å². The van der Waals surface area contributed by atoms with Crippen LogP contribution in [0.5, 0.6) is 5.75 Å². The zero-order valence-electron chi connectivity index (χ0n) is 21.5. The molecule has 1 aromatic rings. The molecule has 5 atom stereocenters. The van der Waals surface area contributed by atoms with Crippen LogP contribution in [-0.4, -0.2) is 108 Å². The first kappa shape index (κ1) is 28.6. The van der Waals surface area contributed by atoms with Crippen LogP contribution in [-0.2, 0) is 9.47 Å². The molecule has 0 radical (unpaired) electrons. The number of carbonyl (C=O) groups excluding carboxylic acids is 1. The normalized spacial score (nSPS) is 25.8. The average molecular weight is 579 g/mol. The fraction of sp³-hybridized carbons (Fsp3) is 0.500.